The van der Waals surface area contributed by atoms with E-state index in [1.165, 1.54) is 44.9 Å². The van der Waals surface area contributed by atoms with Gasteiger partial charge in [-0.15, -0.1) is 0 Å². The lowest BCUT2D eigenvalue weighted by Crippen LogP contribution is -2.49. The fourth-order valence-corrected chi connectivity index (χ4v) is 7.61. The first-order valence-electron chi connectivity index (χ1n) is 16.2. The van der Waals surface area contributed by atoms with E-state index in [1.807, 2.05) is 0 Å². The first kappa shape index (κ1) is 35.7. The van der Waals surface area contributed by atoms with E-state index in [0.29, 0.717) is 0 Å². The van der Waals surface area contributed by atoms with Crippen molar-refractivity contribution in [2.75, 3.05) is 0 Å². The highest BCUT2D eigenvalue weighted by molar-refractivity contribution is 9.09. The van der Waals surface area contributed by atoms with Gasteiger partial charge in [0.15, 0.2) is 0 Å². The smallest absolute Gasteiger partial charge is 0.250 e. The van der Waals surface area contributed by atoms with Gasteiger partial charge in [0.25, 0.3) is 8.32 Å². The molecule has 2 rings (SSSR count). The largest absolute Gasteiger partial charge is 0.543 e. The van der Waals surface area contributed by atoms with Crippen molar-refractivity contribution in [3.8, 4) is 11.5 Å². The second-order valence-electron chi connectivity index (χ2n) is 15.4. The molecule has 1 aromatic rings. The van der Waals surface area contributed by atoms with Crippen molar-refractivity contribution in [3.05, 3.63) is 22.3 Å². The molecule has 0 aromatic heterocycles. The van der Waals surface area contributed by atoms with Crippen molar-refractivity contribution in [1.82, 2.24) is 0 Å². The van der Waals surface area contributed by atoms with Crippen molar-refractivity contribution >= 4 is 24.2 Å². The van der Waals surface area contributed by atoms with Crippen LogP contribution in [0.4, 0.5) is 0 Å². The molecule has 0 amide bonds. The van der Waals surface area contributed by atoms with Gasteiger partial charge in [-0.25, -0.2) is 0 Å². The summed E-state index contributed by atoms with van der Waals surface area (Å²) in [7, 11) is -2.03. The Balaban J connectivity index is 2.05. The van der Waals surface area contributed by atoms with Crippen LogP contribution in [0.1, 0.15) is 142 Å². The molecule has 1 heterocycles. The van der Waals surface area contributed by atoms with Crippen LogP contribution in [0.2, 0.25) is 18.1 Å². The van der Waals surface area contributed by atoms with Crippen LogP contribution in [-0.4, -0.2) is 23.9 Å². The standard InChI is InChI=1S/C35H63BrO3Si/c1-23(2)17-14-18-24(3)19-15-20-25(4)21-16-22-35(11)33(36)30(37)29-28(7)31(26(5)27(6)32(29)38-35)39-40(12,13)34(8,9)10/h23-25,30,33,37H,14-22H2,1-13H3/t24-,25-,30-,33+,35-/m1/s1. The number of aliphatic hydroxyl groups excluding tert-OH is 1. The molecule has 5 heteroatoms. The molecule has 0 bridgehead atoms. The number of hydrogen-bond acceptors (Lipinski definition) is 3. The van der Waals surface area contributed by atoms with Gasteiger partial charge in [0, 0.05) is 5.56 Å². The van der Waals surface area contributed by atoms with Crippen LogP contribution >= 0.6 is 15.9 Å². The average Bonchev–Trinajstić information content (AvgIpc) is 2.83. The van der Waals surface area contributed by atoms with Crippen molar-refractivity contribution < 1.29 is 14.3 Å². The number of halogens is 1. The molecule has 0 unspecified atom stereocenters. The molecule has 232 valence electrons. The second kappa shape index (κ2) is 14.3. The topological polar surface area (TPSA) is 38.7 Å². The summed E-state index contributed by atoms with van der Waals surface area (Å²) in [4.78, 5) is -0.170. The van der Waals surface area contributed by atoms with Crippen LogP contribution in [0, 0.1) is 38.5 Å². The van der Waals surface area contributed by atoms with Gasteiger partial charge in [-0.1, -0.05) is 109 Å². The summed E-state index contributed by atoms with van der Waals surface area (Å²) in [5.74, 6) is 4.20. The monoisotopic (exact) mass is 638 g/mol. The molecular formula is C35H63BrO3Si. The van der Waals surface area contributed by atoms with Crippen LogP contribution in [0.25, 0.3) is 0 Å². The minimum Gasteiger partial charge on any atom is -0.543 e. The van der Waals surface area contributed by atoms with E-state index in [1.54, 1.807) is 0 Å². The van der Waals surface area contributed by atoms with Gasteiger partial charge in [0.05, 0.1) is 10.9 Å². The first-order chi connectivity index (χ1) is 18.3. The fraction of sp³-hybridized carbons (Fsp3) is 0.829. The number of rotatable bonds is 14. The molecule has 1 aliphatic heterocycles. The first-order valence-corrected chi connectivity index (χ1v) is 20.0. The summed E-state index contributed by atoms with van der Waals surface area (Å²) in [6, 6.07) is 0. The predicted octanol–water partition coefficient (Wildman–Crippen LogP) is 11.4. The quantitative estimate of drug-likeness (QED) is 0.163. The lowest BCUT2D eigenvalue weighted by molar-refractivity contribution is 0.000422. The summed E-state index contributed by atoms with van der Waals surface area (Å²) < 4.78 is 13.7. The normalized spacial score (nSPS) is 23.1. The molecule has 1 aliphatic rings. The van der Waals surface area contributed by atoms with E-state index < -0.39 is 20.0 Å². The molecule has 0 saturated carbocycles. The maximum Gasteiger partial charge on any atom is 0.250 e. The zero-order chi connectivity index (χ0) is 30.6. The van der Waals surface area contributed by atoms with Gasteiger partial charge in [0.1, 0.15) is 17.1 Å². The van der Waals surface area contributed by atoms with Crippen molar-refractivity contribution in [2.45, 2.75) is 169 Å². The summed E-state index contributed by atoms with van der Waals surface area (Å²) >= 11 is 3.89. The third kappa shape index (κ3) is 8.75. The molecule has 1 aromatic carbocycles. The molecule has 0 saturated heterocycles. The van der Waals surface area contributed by atoms with Crippen LogP contribution in [0.15, 0.2) is 0 Å². The molecule has 3 nitrogen and oxygen atoms in total. The van der Waals surface area contributed by atoms with Gasteiger partial charge in [-0.05, 0) is 93.1 Å². The van der Waals surface area contributed by atoms with E-state index in [0.717, 1.165) is 64.3 Å². The Morgan fingerprint density at radius 1 is 0.875 bits per heavy atom. The van der Waals surface area contributed by atoms with E-state index in [-0.39, 0.29) is 9.87 Å². The van der Waals surface area contributed by atoms with Crippen LogP contribution < -0.4 is 9.16 Å². The summed E-state index contributed by atoms with van der Waals surface area (Å²) in [6.07, 6.45) is 10.7. The number of fused-ring (bicyclic) bond motifs is 1. The Hall–Kier alpha value is -0.523. The van der Waals surface area contributed by atoms with Gasteiger partial charge in [-0.2, -0.15) is 0 Å². The summed E-state index contributed by atoms with van der Waals surface area (Å²) in [6.45, 7) is 29.4. The van der Waals surface area contributed by atoms with E-state index in [9.17, 15) is 5.11 Å². The molecule has 5 atom stereocenters. The highest BCUT2D eigenvalue weighted by Crippen LogP contribution is 2.52. The minimum absolute atomic E-state index is 0.101. The highest BCUT2D eigenvalue weighted by atomic mass is 79.9. The predicted molar refractivity (Wildman–Crippen MR) is 180 cm³/mol. The number of aliphatic hydroxyl groups is 1. The highest BCUT2D eigenvalue weighted by Gasteiger charge is 2.47. The third-order valence-electron chi connectivity index (χ3n) is 10.1. The second-order valence-corrected chi connectivity index (χ2v) is 21.1. The Morgan fingerprint density at radius 3 is 1.88 bits per heavy atom. The van der Waals surface area contributed by atoms with Crippen molar-refractivity contribution in [2.24, 2.45) is 17.8 Å². The SMILES string of the molecule is Cc1c(C)c2c(c(C)c1O[Si](C)(C)C(C)(C)C)[C@@H](O)[C@H](Br)[C@@](C)(CCC[C@H](C)CCC[C@H](C)CCCC(C)C)O2. The molecule has 0 fully saturated rings. The van der Waals surface area contributed by atoms with Gasteiger partial charge < -0.3 is 14.3 Å². The van der Waals surface area contributed by atoms with E-state index in [4.69, 9.17) is 9.16 Å². The van der Waals surface area contributed by atoms with Gasteiger partial charge >= 0.3 is 0 Å². The summed E-state index contributed by atoms with van der Waals surface area (Å²) in [5, 5.41) is 11.7. The Morgan fingerprint density at radius 2 is 1.38 bits per heavy atom. The van der Waals surface area contributed by atoms with Crippen LogP contribution in [-0.2, 0) is 0 Å². The lowest BCUT2D eigenvalue weighted by Gasteiger charge is -2.45. The maximum absolute atomic E-state index is 11.6. The van der Waals surface area contributed by atoms with Crippen LogP contribution in [0.3, 0.4) is 0 Å². The molecule has 0 radical (unpaired) electrons. The Bertz CT molecular complexity index is 967. The Labute approximate surface area is 257 Å². The van der Waals surface area contributed by atoms with Crippen LogP contribution in [0.5, 0.6) is 11.5 Å². The number of alkyl halides is 1. The number of hydrogen-bond donors (Lipinski definition) is 1. The summed E-state index contributed by atoms with van der Waals surface area (Å²) in [5.41, 5.74) is 3.69. The van der Waals surface area contributed by atoms with Crippen molar-refractivity contribution in [3.63, 3.8) is 0 Å². The minimum atomic E-state index is -2.03. The molecule has 0 aliphatic carbocycles. The van der Waals surface area contributed by atoms with Crippen molar-refractivity contribution in [1.29, 1.82) is 0 Å². The third-order valence-corrected chi connectivity index (χ3v) is 15.9. The van der Waals surface area contributed by atoms with Gasteiger partial charge in [0.2, 0.25) is 0 Å². The average molecular weight is 640 g/mol. The number of benzene rings is 1. The maximum atomic E-state index is 11.6. The zero-order valence-corrected chi connectivity index (χ0v) is 31.0. The molecular weight excluding hydrogens is 576 g/mol. The zero-order valence-electron chi connectivity index (χ0n) is 28.4. The molecule has 40 heavy (non-hydrogen) atoms. The number of ether oxygens (including phenoxy) is 1. The Kier molecular flexibility index (Phi) is 12.8. The molecule has 1 N–H and O–H groups in total. The van der Waals surface area contributed by atoms with E-state index in [2.05, 4.69) is 105 Å². The van der Waals surface area contributed by atoms with Gasteiger partial charge in [-0.3, -0.25) is 0 Å². The lowest BCUT2D eigenvalue weighted by atomic mass is 9.82. The fourth-order valence-electron chi connectivity index (χ4n) is 5.90. The molecule has 0 spiro atoms. The van der Waals surface area contributed by atoms with E-state index >= 15 is 0 Å².